The number of aryl methyl sites for hydroxylation is 1. The molecule has 0 bridgehead atoms. The number of oxime groups is 1. The zero-order valence-corrected chi connectivity index (χ0v) is 10.8. The van der Waals surface area contributed by atoms with Crippen LogP contribution in [0.3, 0.4) is 0 Å². The highest BCUT2D eigenvalue weighted by molar-refractivity contribution is 5.99. The molecular weight excluding hydrogens is 234 g/mol. The Balaban J connectivity index is 2.86. The smallest absolute Gasteiger partial charge is 0.255 e. The van der Waals surface area contributed by atoms with Crippen LogP contribution >= 0.6 is 0 Å². The lowest BCUT2D eigenvalue weighted by Crippen LogP contribution is -2.47. The molecule has 1 atom stereocenters. The molecule has 6 nitrogen and oxygen atoms in total. The molecule has 1 unspecified atom stereocenters. The predicted molar refractivity (Wildman–Crippen MR) is 67.6 cm³/mol. The second-order valence-corrected chi connectivity index (χ2v) is 4.33. The summed E-state index contributed by atoms with van der Waals surface area (Å²) in [7, 11) is 0. The first-order valence-electron chi connectivity index (χ1n) is 5.85. The Morgan fingerprint density at radius 3 is 2.78 bits per heavy atom. The maximum atomic E-state index is 12.1. The third kappa shape index (κ3) is 3.03. The Hall–Kier alpha value is -1.98. The van der Waals surface area contributed by atoms with E-state index in [2.05, 4.69) is 10.5 Å². The molecule has 1 amide bonds. The summed E-state index contributed by atoms with van der Waals surface area (Å²) in [6.45, 7) is 5.65. The lowest BCUT2D eigenvalue weighted by molar-refractivity contribution is 0.0937. The van der Waals surface area contributed by atoms with E-state index in [1.165, 1.54) is 6.26 Å². The Kier molecular flexibility index (Phi) is 4.76. The first kappa shape index (κ1) is 14.1. The van der Waals surface area contributed by atoms with Crippen molar-refractivity contribution in [3.63, 3.8) is 0 Å². The van der Waals surface area contributed by atoms with E-state index in [1.54, 1.807) is 6.07 Å². The summed E-state index contributed by atoms with van der Waals surface area (Å²) in [4.78, 5) is 12.1. The number of amides is 1. The molecule has 0 aliphatic carbocycles. The summed E-state index contributed by atoms with van der Waals surface area (Å²) in [5, 5.41) is 14.4. The summed E-state index contributed by atoms with van der Waals surface area (Å²) >= 11 is 0. The first-order chi connectivity index (χ1) is 8.51. The van der Waals surface area contributed by atoms with Crippen molar-refractivity contribution in [3.8, 4) is 0 Å². The van der Waals surface area contributed by atoms with Gasteiger partial charge in [-0.05, 0) is 12.0 Å². The molecule has 4 N–H and O–H groups in total. The molecule has 1 aromatic rings. The highest BCUT2D eigenvalue weighted by Gasteiger charge is 2.23. The molecule has 100 valence electrons. The molecule has 0 spiro atoms. The summed E-state index contributed by atoms with van der Waals surface area (Å²) < 4.78 is 5.19. The van der Waals surface area contributed by atoms with Gasteiger partial charge < -0.3 is 20.7 Å². The lowest BCUT2D eigenvalue weighted by Gasteiger charge is -2.20. The monoisotopic (exact) mass is 253 g/mol. The Bertz CT molecular complexity index is 438. The molecule has 0 radical (unpaired) electrons. The normalized spacial score (nSPS) is 13.7. The van der Waals surface area contributed by atoms with Crippen molar-refractivity contribution < 1.29 is 14.4 Å². The van der Waals surface area contributed by atoms with Gasteiger partial charge >= 0.3 is 0 Å². The number of nitrogens with zero attached hydrogens (tertiary/aromatic N) is 1. The fourth-order valence-corrected chi connectivity index (χ4v) is 1.68. The number of furan rings is 1. The van der Waals surface area contributed by atoms with Gasteiger partial charge in [0.15, 0.2) is 5.84 Å². The number of rotatable bonds is 5. The number of nitrogens with one attached hydrogen (secondary N) is 1. The fraction of sp³-hybridized carbons (Fsp3) is 0.500. The quantitative estimate of drug-likeness (QED) is 0.319. The second kappa shape index (κ2) is 6.09. The van der Waals surface area contributed by atoms with Crippen molar-refractivity contribution in [1.29, 1.82) is 0 Å². The van der Waals surface area contributed by atoms with Crippen LogP contribution in [-0.2, 0) is 6.42 Å². The maximum Gasteiger partial charge on any atom is 0.255 e. The van der Waals surface area contributed by atoms with E-state index in [0.717, 1.165) is 0 Å². The van der Waals surface area contributed by atoms with Gasteiger partial charge in [-0.25, -0.2) is 0 Å². The number of hydrogen-bond donors (Lipinski definition) is 3. The van der Waals surface area contributed by atoms with Gasteiger partial charge in [0.05, 0.1) is 17.9 Å². The van der Waals surface area contributed by atoms with Crippen molar-refractivity contribution in [1.82, 2.24) is 5.32 Å². The minimum atomic E-state index is -0.512. The number of hydrogen-bond acceptors (Lipinski definition) is 4. The molecule has 0 aromatic carbocycles. The molecule has 6 heteroatoms. The van der Waals surface area contributed by atoms with Crippen LogP contribution in [0.2, 0.25) is 0 Å². The number of carbonyl (C=O) groups is 1. The highest BCUT2D eigenvalue weighted by atomic mass is 16.4. The molecule has 1 heterocycles. The van der Waals surface area contributed by atoms with Gasteiger partial charge in [0.2, 0.25) is 0 Å². The molecule has 0 aliphatic heterocycles. The van der Waals surface area contributed by atoms with Gasteiger partial charge in [-0.2, -0.15) is 0 Å². The molecule has 0 fully saturated rings. The Morgan fingerprint density at radius 1 is 1.61 bits per heavy atom. The van der Waals surface area contributed by atoms with Crippen molar-refractivity contribution in [2.45, 2.75) is 33.2 Å². The van der Waals surface area contributed by atoms with Crippen LogP contribution in [0.15, 0.2) is 21.9 Å². The standard InChI is InChI=1S/C12H19N3O3/c1-4-9-8(5-6-18-9)12(16)14-10(7(2)3)11(13)15-17/h5-7,10,17H,4H2,1-3H3,(H2,13,15)(H,14,16). The zero-order chi connectivity index (χ0) is 13.7. The average Bonchev–Trinajstić information content (AvgIpc) is 2.82. The fourth-order valence-electron chi connectivity index (χ4n) is 1.68. The Labute approximate surface area is 106 Å². The van der Waals surface area contributed by atoms with Crippen LogP contribution in [0.4, 0.5) is 0 Å². The number of amidine groups is 1. The Morgan fingerprint density at radius 2 is 2.28 bits per heavy atom. The van der Waals surface area contributed by atoms with E-state index >= 15 is 0 Å². The largest absolute Gasteiger partial charge is 0.469 e. The van der Waals surface area contributed by atoms with E-state index in [4.69, 9.17) is 15.4 Å². The van der Waals surface area contributed by atoms with Gasteiger partial charge in [-0.3, -0.25) is 4.79 Å². The van der Waals surface area contributed by atoms with Crippen molar-refractivity contribution in [2.75, 3.05) is 0 Å². The van der Waals surface area contributed by atoms with Gasteiger partial charge in [-0.1, -0.05) is 25.9 Å². The second-order valence-electron chi connectivity index (χ2n) is 4.33. The summed E-state index contributed by atoms with van der Waals surface area (Å²) in [5.74, 6) is 0.335. The van der Waals surface area contributed by atoms with Crippen LogP contribution in [0, 0.1) is 5.92 Å². The van der Waals surface area contributed by atoms with E-state index < -0.39 is 6.04 Å². The van der Waals surface area contributed by atoms with E-state index in [0.29, 0.717) is 17.7 Å². The molecule has 18 heavy (non-hydrogen) atoms. The molecule has 1 rings (SSSR count). The van der Waals surface area contributed by atoms with Crippen LogP contribution in [-0.4, -0.2) is 23.0 Å². The molecule has 0 saturated carbocycles. The van der Waals surface area contributed by atoms with Gasteiger partial charge in [0.25, 0.3) is 5.91 Å². The predicted octanol–water partition coefficient (Wildman–Crippen LogP) is 1.34. The minimum Gasteiger partial charge on any atom is -0.469 e. The van der Waals surface area contributed by atoms with E-state index in [-0.39, 0.29) is 17.7 Å². The van der Waals surface area contributed by atoms with E-state index in [1.807, 2.05) is 20.8 Å². The third-order valence-electron chi connectivity index (χ3n) is 2.70. The maximum absolute atomic E-state index is 12.1. The highest BCUT2D eigenvalue weighted by Crippen LogP contribution is 2.12. The van der Waals surface area contributed by atoms with Crippen molar-refractivity contribution in [3.05, 3.63) is 23.7 Å². The first-order valence-corrected chi connectivity index (χ1v) is 5.85. The zero-order valence-electron chi connectivity index (χ0n) is 10.8. The van der Waals surface area contributed by atoms with Crippen LogP contribution in [0.25, 0.3) is 0 Å². The lowest BCUT2D eigenvalue weighted by atomic mass is 10.0. The number of nitrogens with two attached hydrogens (primary N) is 1. The van der Waals surface area contributed by atoms with Gasteiger partial charge in [0.1, 0.15) is 5.76 Å². The third-order valence-corrected chi connectivity index (χ3v) is 2.70. The van der Waals surface area contributed by atoms with Crippen LogP contribution in [0.5, 0.6) is 0 Å². The summed E-state index contributed by atoms with van der Waals surface area (Å²) in [5.41, 5.74) is 6.03. The topological polar surface area (TPSA) is 101 Å². The molecule has 1 aromatic heterocycles. The molecular formula is C12H19N3O3. The molecule has 0 aliphatic rings. The van der Waals surface area contributed by atoms with Crippen LogP contribution < -0.4 is 11.1 Å². The van der Waals surface area contributed by atoms with Gasteiger partial charge in [0, 0.05) is 6.42 Å². The van der Waals surface area contributed by atoms with Crippen LogP contribution in [0.1, 0.15) is 36.9 Å². The number of carbonyl (C=O) groups excluding carboxylic acids is 1. The van der Waals surface area contributed by atoms with Crippen molar-refractivity contribution in [2.24, 2.45) is 16.8 Å². The van der Waals surface area contributed by atoms with E-state index in [9.17, 15) is 4.79 Å². The summed E-state index contributed by atoms with van der Waals surface area (Å²) in [6, 6.07) is 1.10. The minimum absolute atomic E-state index is 0.0140. The molecule has 0 saturated heterocycles. The van der Waals surface area contributed by atoms with Crippen molar-refractivity contribution >= 4 is 11.7 Å². The summed E-state index contributed by atoms with van der Waals surface area (Å²) in [6.07, 6.45) is 2.10. The SMILES string of the molecule is CCc1occc1C(=O)NC(/C(N)=N/O)C(C)C. The van der Waals surface area contributed by atoms with Gasteiger partial charge in [-0.15, -0.1) is 0 Å². The average molecular weight is 253 g/mol.